The minimum atomic E-state index is -0.454. The Balaban J connectivity index is 0.000000684. The first-order chi connectivity index (χ1) is 13.4. The van der Waals surface area contributed by atoms with Gasteiger partial charge in [-0.05, 0) is 36.6 Å². The van der Waals surface area contributed by atoms with Crippen LogP contribution in [0.2, 0.25) is 0 Å². The maximum absolute atomic E-state index is 12.6. The van der Waals surface area contributed by atoms with Crippen LogP contribution in [0.4, 0.5) is 0 Å². The summed E-state index contributed by atoms with van der Waals surface area (Å²) < 4.78 is 1.44. The van der Waals surface area contributed by atoms with Crippen LogP contribution >= 0.6 is 0 Å². The van der Waals surface area contributed by atoms with E-state index in [1.807, 2.05) is 50.2 Å². The number of hydrogen-bond donors (Lipinski definition) is 1. The van der Waals surface area contributed by atoms with Crippen LogP contribution < -0.4 is 5.56 Å². The summed E-state index contributed by atoms with van der Waals surface area (Å²) in [7, 11) is 1.63. The second-order valence-corrected chi connectivity index (χ2v) is 7.42. The molecule has 28 heavy (non-hydrogen) atoms. The number of Topliss-reactive ketones (excluding diaryl/α,β-unsaturated/α-hetero) is 1. The quantitative estimate of drug-likeness (QED) is 0.622. The van der Waals surface area contributed by atoms with Crippen LogP contribution in [0, 0.1) is 6.92 Å². The zero-order valence-electron chi connectivity index (χ0n) is 16.8. The fourth-order valence-electron chi connectivity index (χ4n) is 3.05. The van der Waals surface area contributed by atoms with Gasteiger partial charge in [-0.15, -0.1) is 0 Å². The van der Waals surface area contributed by atoms with E-state index in [9.17, 15) is 14.7 Å². The molecule has 1 N–H and O–H groups in total. The summed E-state index contributed by atoms with van der Waals surface area (Å²) in [6, 6.07) is 13.6. The summed E-state index contributed by atoms with van der Waals surface area (Å²) in [5.74, 6) is -0.530. The van der Waals surface area contributed by atoms with Crippen LogP contribution in [0.1, 0.15) is 54.9 Å². The number of nitrogens with zero attached hydrogens (tertiary/aromatic N) is 1. The lowest BCUT2D eigenvalue weighted by Gasteiger charge is -2.12. The van der Waals surface area contributed by atoms with Gasteiger partial charge in [-0.2, -0.15) is 0 Å². The molecule has 0 unspecified atom stereocenters. The summed E-state index contributed by atoms with van der Waals surface area (Å²) in [5, 5.41) is 11.0. The highest BCUT2D eigenvalue weighted by Gasteiger charge is 2.20. The van der Waals surface area contributed by atoms with Crippen LogP contribution in [0.5, 0.6) is 5.75 Å². The maximum Gasteiger partial charge on any atom is 0.265 e. The molecule has 0 saturated heterocycles. The number of benzene rings is 2. The van der Waals surface area contributed by atoms with Crippen molar-refractivity contribution in [2.24, 2.45) is 7.05 Å². The Bertz CT molecular complexity index is 1060. The van der Waals surface area contributed by atoms with E-state index < -0.39 is 5.56 Å². The Morgan fingerprint density at radius 2 is 1.64 bits per heavy atom. The monoisotopic (exact) mass is 377 g/mol. The van der Waals surface area contributed by atoms with Crippen molar-refractivity contribution in [3.63, 3.8) is 0 Å². The number of ketones is 1. The molecule has 1 heterocycles. The normalized spacial score (nSPS) is 12.4. The SMILES string of the molecule is C1CC1.CCCC(=O)c1c(O)c2ccc(-c3ccc(C)cc3)cc2n(C)c1=O. The zero-order valence-corrected chi connectivity index (χ0v) is 16.8. The van der Waals surface area contributed by atoms with Crippen molar-refractivity contribution in [1.29, 1.82) is 0 Å². The molecular formula is C24H27NO3. The summed E-state index contributed by atoms with van der Waals surface area (Å²) in [6.07, 6.45) is 5.38. The Kier molecular flexibility index (Phi) is 5.98. The average molecular weight is 377 g/mol. The molecule has 4 rings (SSSR count). The molecular weight excluding hydrogens is 350 g/mol. The first-order valence-electron chi connectivity index (χ1n) is 9.90. The highest BCUT2D eigenvalue weighted by atomic mass is 16.3. The first kappa shape index (κ1) is 19.9. The van der Waals surface area contributed by atoms with E-state index in [-0.39, 0.29) is 23.5 Å². The van der Waals surface area contributed by atoms with Gasteiger partial charge >= 0.3 is 0 Å². The van der Waals surface area contributed by atoms with Crippen LogP contribution in [-0.4, -0.2) is 15.5 Å². The topological polar surface area (TPSA) is 59.3 Å². The van der Waals surface area contributed by atoms with Gasteiger partial charge in [-0.25, -0.2) is 0 Å². The summed E-state index contributed by atoms with van der Waals surface area (Å²) in [4.78, 5) is 24.8. The largest absolute Gasteiger partial charge is 0.506 e. The van der Waals surface area contributed by atoms with E-state index in [0.29, 0.717) is 17.3 Å². The first-order valence-corrected chi connectivity index (χ1v) is 9.90. The lowest BCUT2D eigenvalue weighted by Crippen LogP contribution is -2.24. The predicted molar refractivity (Wildman–Crippen MR) is 114 cm³/mol. The van der Waals surface area contributed by atoms with E-state index in [4.69, 9.17) is 0 Å². The number of hydrogen-bond acceptors (Lipinski definition) is 3. The zero-order chi connectivity index (χ0) is 20.3. The number of aryl methyl sites for hydroxylation is 2. The third-order valence-corrected chi connectivity index (χ3v) is 4.86. The average Bonchev–Trinajstić information content (AvgIpc) is 3.56. The molecule has 3 aromatic rings. The third kappa shape index (κ3) is 4.16. The summed E-state index contributed by atoms with van der Waals surface area (Å²) >= 11 is 0. The smallest absolute Gasteiger partial charge is 0.265 e. The minimum absolute atomic E-state index is 0.111. The van der Waals surface area contributed by atoms with Gasteiger partial charge in [0.2, 0.25) is 0 Å². The maximum atomic E-state index is 12.6. The van der Waals surface area contributed by atoms with Crippen LogP contribution in [0.15, 0.2) is 47.3 Å². The van der Waals surface area contributed by atoms with E-state index in [2.05, 4.69) is 0 Å². The molecule has 2 aromatic carbocycles. The molecule has 0 amide bonds. The third-order valence-electron chi connectivity index (χ3n) is 4.86. The lowest BCUT2D eigenvalue weighted by molar-refractivity contribution is 0.0977. The molecule has 4 heteroatoms. The van der Waals surface area contributed by atoms with Crippen LogP contribution in [-0.2, 0) is 7.05 Å². The number of carbonyl (C=O) groups excluding carboxylic acids is 1. The van der Waals surface area contributed by atoms with Crippen molar-refractivity contribution in [2.75, 3.05) is 0 Å². The van der Waals surface area contributed by atoms with E-state index in [0.717, 1.165) is 11.1 Å². The van der Waals surface area contributed by atoms with Crippen molar-refractivity contribution >= 4 is 16.7 Å². The molecule has 1 aliphatic rings. The van der Waals surface area contributed by atoms with Crippen LogP contribution in [0.25, 0.3) is 22.0 Å². The summed E-state index contributed by atoms with van der Waals surface area (Å²) in [6.45, 7) is 3.90. The molecule has 0 atom stereocenters. The van der Waals surface area contributed by atoms with Crippen molar-refractivity contribution in [3.8, 4) is 16.9 Å². The van der Waals surface area contributed by atoms with Gasteiger partial charge in [0.25, 0.3) is 5.56 Å². The molecule has 1 aliphatic carbocycles. The number of pyridine rings is 1. The number of fused-ring (bicyclic) bond motifs is 1. The number of aromatic hydroxyl groups is 1. The van der Waals surface area contributed by atoms with Gasteiger partial charge in [0, 0.05) is 18.9 Å². The number of carbonyl (C=O) groups is 1. The molecule has 146 valence electrons. The highest BCUT2D eigenvalue weighted by Crippen LogP contribution is 2.31. The van der Waals surface area contributed by atoms with Crippen molar-refractivity contribution in [2.45, 2.75) is 46.0 Å². The summed E-state index contributed by atoms with van der Waals surface area (Å²) in [5.41, 5.74) is 3.20. The Hall–Kier alpha value is -2.88. The molecule has 0 aliphatic heterocycles. The van der Waals surface area contributed by atoms with Gasteiger partial charge < -0.3 is 9.67 Å². The second kappa shape index (κ2) is 8.42. The fraction of sp³-hybridized carbons (Fsp3) is 0.333. The van der Waals surface area contributed by atoms with Crippen molar-refractivity contribution in [3.05, 3.63) is 63.9 Å². The van der Waals surface area contributed by atoms with Gasteiger partial charge in [0.15, 0.2) is 5.78 Å². The van der Waals surface area contributed by atoms with Gasteiger partial charge in [-0.3, -0.25) is 9.59 Å². The Morgan fingerprint density at radius 1 is 1.04 bits per heavy atom. The lowest BCUT2D eigenvalue weighted by atomic mass is 9.99. The minimum Gasteiger partial charge on any atom is -0.506 e. The van der Waals surface area contributed by atoms with Gasteiger partial charge in [-0.1, -0.05) is 62.1 Å². The van der Waals surface area contributed by atoms with Crippen LogP contribution in [0.3, 0.4) is 0 Å². The Labute approximate surface area is 165 Å². The molecule has 1 saturated carbocycles. The predicted octanol–water partition coefficient (Wildman–Crippen LogP) is 5.37. The van der Waals surface area contributed by atoms with Gasteiger partial charge in [0.05, 0.1) is 5.52 Å². The van der Waals surface area contributed by atoms with Crippen molar-refractivity contribution in [1.82, 2.24) is 4.57 Å². The molecule has 1 aromatic heterocycles. The molecule has 0 bridgehead atoms. The van der Waals surface area contributed by atoms with Gasteiger partial charge in [0.1, 0.15) is 11.3 Å². The molecule has 4 nitrogen and oxygen atoms in total. The van der Waals surface area contributed by atoms with E-state index in [1.165, 1.54) is 29.4 Å². The molecule has 0 radical (unpaired) electrons. The molecule has 0 spiro atoms. The second-order valence-electron chi connectivity index (χ2n) is 7.42. The standard InChI is InChI=1S/C21H21NO3.C3H6/c1-4-5-18(23)19-20(24)16-11-10-15(12-17(16)22(3)21(19)25)14-8-6-13(2)7-9-14;1-2-3-1/h6-12,24H,4-5H2,1-3H3;1-3H2. The van der Waals surface area contributed by atoms with E-state index in [1.54, 1.807) is 13.1 Å². The molecule has 1 fully saturated rings. The fourth-order valence-corrected chi connectivity index (χ4v) is 3.05. The Morgan fingerprint density at radius 3 is 2.21 bits per heavy atom. The van der Waals surface area contributed by atoms with E-state index >= 15 is 0 Å². The number of rotatable bonds is 4. The number of aromatic nitrogens is 1. The van der Waals surface area contributed by atoms with Crippen molar-refractivity contribution < 1.29 is 9.90 Å². The highest BCUT2D eigenvalue weighted by molar-refractivity contribution is 6.04.